The average Bonchev–Trinajstić information content (AvgIpc) is 2.95. The average molecular weight is 320 g/mol. The molecule has 3 unspecified atom stereocenters. The Bertz CT molecular complexity index is 445. The minimum absolute atomic E-state index is 0.454. The standard InChI is InChI=1S/C18H29N3S/c1-15-17(8-13-22-15)19-18(16-6-4-3-5-7-16)14-21-11-9-20(2)10-12-21/h3-7,15,17-19H,8-14H2,1-2H3. The second kappa shape index (κ2) is 7.82. The zero-order chi connectivity index (χ0) is 15.4. The van der Waals surface area contributed by atoms with Crippen LogP contribution in [0, 0.1) is 0 Å². The molecule has 1 aromatic rings. The van der Waals surface area contributed by atoms with E-state index in [1.54, 1.807) is 0 Å². The SMILES string of the molecule is CC1SCCC1NC(CN1CCN(C)CC1)c1ccccc1. The largest absolute Gasteiger partial charge is 0.305 e. The first-order chi connectivity index (χ1) is 10.7. The van der Waals surface area contributed by atoms with Crippen LogP contribution in [0.15, 0.2) is 30.3 Å². The fourth-order valence-corrected chi connectivity index (χ4v) is 4.65. The number of hydrogen-bond donors (Lipinski definition) is 1. The molecule has 1 N–H and O–H groups in total. The first kappa shape index (κ1) is 16.3. The predicted molar refractivity (Wildman–Crippen MR) is 96.6 cm³/mol. The van der Waals surface area contributed by atoms with Crippen LogP contribution in [-0.2, 0) is 0 Å². The van der Waals surface area contributed by atoms with Crippen molar-refractivity contribution in [1.82, 2.24) is 15.1 Å². The lowest BCUT2D eigenvalue weighted by Gasteiger charge is -2.36. The molecule has 0 amide bonds. The third kappa shape index (κ3) is 4.25. The molecule has 3 rings (SSSR count). The summed E-state index contributed by atoms with van der Waals surface area (Å²) in [6.07, 6.45) is 1.30. The van der Waals surface area contributed by atoms with E-state index in [1.165, 1.54) is 43.9 Å². The summed E-state index contributed by atoms with van der Waals surface area (Å²) in [5, 5.41) is 4.70. The molecule has 0 saturated carbocycles. The van der Waals surface area contributed by atoms with E-state index in [0.29, 0.717) is 12.1 Å². The first-order valence-corrected chi connectivity index (χ1v) is 9.61. The second-order valence-electron chi connectivity index (χ2n) is 6.70. The summed E-state index contributed by atoms with van der Waals surface area (Å²) in [4.78, 5) is 5.05. The van der Waals surface area contributed by atoms with E-state index >= 15 is 0 Å². The lowest BCUT2D eigenvalue weighted by atomic mass is 10.0. The Morgan fingerprint density at radius 3 is 2.55 bits per heavy atom. The van der Waals surface area contributed by atoms with Crippen molar-refractivity contribution >= 4 is 11.8 Å². The molecule has 4 heteroatoms. The molecule has 0 radical (unpaired) electrons. The molecule has 122 valence electrons. The highest BCUT2D eigenvalue weighted by atomic mass is 32.2. The quantitative estimate of drug-likeness (QED) is 0.898. The maximum atomic E-state index is 3.96. The second-order valence-corrected chi connectivity index (χ2v) is 8.19. The van der Waals surface area contributed by atoms with Crippen molar-refractivity contribution in [3.63, 3.8) is 0 Å². The first-order valence-electron chi connectivity index (χ1n) is 8.56. The topological polar surface area (TPSA) is 18.5 Å². The van der Waals surface area contributed by atoms with Crippen molar-refractivity contribution in [3.05, 3.63) is 35.9 Å². The zero-order valence-electron chi connectivity index (χ0n) is 13.9. The van der Waals surface area contributed by atoms with E-state index < -0.39 is 0 Å². The van der Waals surface area contributed by atoms with Crippen LogP contribution in [0.1, 0.15) is 24.9 Å². The summed E-state index contributed by atoms with van der Waals surface area (Å²) in [7, 11) is 2.22. The summed E-state index contributed by atoms with van der Waals surface area (Å²) in [5.41, 5.74) is 1.44. The Kier molecular flexibility index (Phi) is 5.80. The molecule has 2 heterocycles. The minimum atomic E-state index is 0.454. The van der Waals surface area contributed by atoms with E-state index in [4.69, 9.17) is 0 Å². The molecular weight excluding hydrogens is 290 g/mol. The van der Waals surface area contributed by atoms with Gasteiger partial charge in [-0.15, -0.1) is 0 Å². The minimum Gasteiger partial charge on any atom is -0.305 e. The van der Waals surface area contributed by atoms with Crippen LogP contribution in [0.2, 0.25) is 0 Å². The number of likely N-dealkylation sites (N-methyl/N-ethyl adjacent to an activating group) is 1. The number of thioether (sulfide) groups is 1. The molecule has 2 aliphatic heterocycles. The smallest absolute Gasteiger partial charge is 0.0451 e. The van der Waals surface area contributed by atoms with Crippen molar-refractivity contribution in [1.29, 1.82) is 0 Å². The molecule has 2 fully saturated rings. The van der Waals surface area contributed by atoms with Crippen molar-refractivity contribution in [2.24, 2.45) is 0 Å². The number of hydrogen-bond acceptors (Lipinski definition) is 4. The number of benzene rings is 1. The van der Waals surface area contributed by atoms with Gasteiger partial charge in [-0.25, -0.2) is 0 Å². The molecule has 3 atom stereocenters. The van der Waals surface area contributed by atoms with Crippen LogP contribution in [0.5, 0.6) is 0 Å². The van der Waals surface area contributed by atoms with Gasteiger partial charge < -0.3 is 10.2 Å². The fourth-order valence-electron chi connectivity index (χ4n) is 3.44. The maximum absolute atomic E-state index is 3.96. The number of rotatable bonds is 5. The van der Waals surface area contributed by atoms with Gasteiger partial charge in [-0.1, -0.05) is 37.3 Å². The predicted octanol–water partition coefficient (Wildman–Crippen LogP) is 2.46. The van der Waals surface area contributed by atoms with Gasteiger partial charge in [-0.3, -0.25) is 4.90 Å². The lowest BCUT2D eigenvalue weighted by Crippen LogP contribution is -2.48. The van der Waals surface area contributed by atoms with E-state index in [9.17, 15) is 0 Å². The molecular formula is C18H29N3S. The van der Waals surface area contributed by atoms with Gasteiger partial charge in [-0.05, 0) is 24.8 Å². The highest BCUT2D eigenvalue weighted by Crippen LogP contribution is 2.28. The Morgan fingerprint density at radius 1 is 1.18 bits per heavy atom. The van der Waals surface area contributed by atoms with Gasteiger partial charge in [0.05, 0.1) is 0 Å². The highest BCUT2D eigenvalue weighted by molar-refractivity contribution is 8.00. The Labute approximate surface area is 139 Å². The molecule has 0 aliphatic carbocycles. The molecule has 0 spiro atoms. The summed E-state index contributed by atoms with van der Waals surface area (Å²) in [6, 6.07) is 12.1. The van der Waals surface area contributed by atoms with Crippen LogP contribution in [-0.4, -0.2) is 66.6 Å². The van der Waals surface area contributed by atoms with Crippen LogP contribution in [0.25, 0.3) is 0 Å². The Hall–Kier alpha value is -0.550. The molecule has 0 aromatic heterocycles. The fraction of sp³-hybridized carbons (Fsp3) is 0.667. The van der Waals surface area contributed by atoms with Gasteiger partial charge in [0.15, 0.2) is 0 Å². The molecule has 22 heavy (non-hydrogen) atoms. The van der Waals surface area contributed by atoms with E-state index in [1.807, 2.05) is 0 Å². The Morgan fingerprint density at radius 2 is 1.91 bits per heavy atom. The number of nitrogens with zero attached hydrogens (tertiary/aromatic N) is 2. The highest BCUT2D eigenvalue weighted by Gasteiger charge is 2.28. The van der Waals surface area contributed by atoms with E-state index in [0.717, 1.165) is 11.8 Å². The molecule has 3 nitrogen and oxygen atoms in total. The normalized spacial score (nSPS) is 28.8. The van der Waals surface area contributed by atoms with Gasteiger partial charge in [0.2, 0.25) is 0 Å². The number of piperazine rings is 1. The monoisotopic (exact) mass is 319 g/mol. The van der Waals surface area contributed by atoms with Gasteiger partial charge in [0, 0.05) is 50.1 Å². The maximum Gasteiger partial charge on any atom is 0.0451 e. The van der Waals surface area contributed by atoms with Gasteiger partial charge in [0.25, 0.3) is 0 Å². The van der Waals surface area contributed by atoms with Crippen molar-refractivity contribution in [2.75, 3.05) is 45.5 Å². The van der Waals surface area contributed by atoms with Crippen LogP contribution < -0.4 is 5.32 Å². The lowest BCUT2D eigenvalue weighted by molar-refractivity contribution is 0.139. The molecule has 1 aromatic carbocycles. The van der Waals surface area contributed by atoms with Crippen molar-refractivity contribution in [2.45, 2.75) is 30.7 Å². The van der Waals surface area contributed by atoms with Crippen molar-refractivity contribution in [3.8, 4) is 0 Å². The van der Waals surface area contributed by atoms with Crippen LogP contribution in [0.3, 0.4) is 0 Å². The molecule has 0 bridgehead atoms. The third-order valence-electron chi connectivity index (χ3n) is 5.03. The third-order valence-corrected chi connectivity index (χ3v) is 6.36. The Balaban J connectivity index is 1.66. The summed E-state index contributed by atoms with van der Waals surface area (Å²) in [6.45, 7) is 8.26. The summed E-state index contributed by atoms with van der Waals surface area (Å²) < 4.78 is 0. The molecule has 2 saturated heterocycles. The van der Waals surface area contributed by atoms with Crippen LogP contribution >= 0.6 is 11.8 Å². The molecule has 2 aliphatic rings. The van der Waals surface area contributed by atoms with Crippen LogP contribution in [0.4, 0.5) is 0 Å². The van der Waals surface area contributed by atoms with E-state index in [-0.39, 0.29) is 0 Å². The van der Waals surface area contributed by atoms with E-state index in [2.05, 4.69) is 71.2 Å². The number of nitrogens with one attached hydrogen (secondary N) is 1. The van der Waals surface area contributed by atoms with Gasteiger partial charge in [-0.2, -0.15) is 11.8 Å². The zero-order valence-corrected chi connectivity index (χ0v) is 14.7. The van der Waals surface area contributed by atoms with Gasteiger partial charge in [0.1, 0.15) is 0 Å². The summed E-state index contributed by atoms with van der Waals surface area (Å²) >= 11 is 2.11. The van der Waals surface area contributed by atoms with Gasteiger partial charge >= 0.3 is 0 Å². The van der Waals surface area contributed by atoms with Crippen molar-refractivity contribution < 1.29 is 0 Å². The summed E-state index contributed by atoms with van der Waals surface area (Å²) in [5.74, 6) is 1.30.